The van der Waals surface area contributed by atoms with Gasteiger partial charge >= 0.3 is 6.18 Å². The number of nitrogens with two attached hydrogens (primary N) is 1. The highest BCUT2D eigenvalue weighted by Crippen LogP contribution is 2.49. The summed E-state index contributed by atoms with van der Waals surface area (Å²) >= 11 is 0. The zero-order valence-electron chi connectivity index (χ0n) is 15.6. The molecule has 5 nitrogen and oxygen atoms in total. The Morgan fingerprint density at radius 1 is 1.33 bits per heavy atom. The van der Waals surface area contributed by atoms with Crippen LogP contribution in [0.2, 0.25) is 0 Å². The molecule has 1 amide bonds. The zero-order valence-corrected chi connectivity index (χ0v) is 16.4. The number of halogens is 4. The van der Waals surface area contributed by atoms with Crippen molar-refractivity contribution in [3.63, 3.8) is 0 Å². The number of alkyl halides is 3. The van der Waals surface area contributed by atoms with Gasteiger partial charge in [-0.15, -0.1) is 12.4 Å². The third-order valence-electron chi connectivity index (χ3n) is 5.04. The Kier molecular flexibility index (Phi) is 7.55. The highest BCUT2D eigenvalue weighted by Gasteiger charge is 2.62. The quantitative estimate of drug-likeness (QED) is 0.724. The summed E-state index contributed by atoms with van der Waals surface area (Å²) in [5, 5.41) is 2.72. The predicted octanol–water partition coefficient (Wildman–Crippen LogP) is 3.20. The summed E-state index contributed by atoms with van der Waals surface area (Å²) in [7, 11) is 0. The molecule has 1 aliphatic rings. The molecule has 0 aliphatic heterocycles. The summed E-state index contributed by atoms with van der Waals surface area (Å²) in [5.41, 5.74) is 5.11. The Balaban J connectivity index is 0.00000364. The summed E-state index contributed by atoms with van der Waals surface area (Å²) in [6.07, 6.45) is -4.14. The number of para-hydroxylation sites is 1. The molecular formula is C18H26ClF3N2O3. The summed E-state index contributed by atoms with van der Waals surface area (Å²) in [6, 6.07) is 6.27. The maximum Gasteiger partial charge on any atom is 0.422 e. The average molecular weight is 411 g/mol. The molecule has 0 radical (unpaired) electrons. The van der Waals surface area contributed by atoms with Crippen molar-refractivity contribution in [2.75, 3.05) is 13.2 Å². The van der Waals surface area contributed by atoms with Crippen LogP contribution < -0.4 is 15.8 Å². The van der Waals surface area contributed by atoms with Gasteiger partial charge in [0.25, 0.3) is 0 Å². The van der Waals surface area contributed by atoms with Gasteiger partial charge in [0, 0.05) is 30.6 Å². The maximum atomic E-state index is 12.6. The summed E-state index contributed by atoms with van der Waals surface area (Å²) in [6.45, 7) is 4.80. The van der Waals surface area contributed by atoms with Crippen molar-refractivity contribution in [3.8, 4) is 5.75 Å². The molecule has 154 valence electrons. The normalized spacial score (nSPS) is 23.7. The SMILES string of the molecule is CCOC1CC(N)(C(=O)NCc2ccccc2OCC(F)(F)F)C1(C)C.Cl. The average Bonchev–Trinajstić information content (AvgIpc) is 2.57. The van der Waals surface area contributed by atoms with E-state index in [9.17, 15) is 18.0 Å². The van der Waals surface area contributed by atoms with Gasteiger partial charge in [0.15, 0.2) is 6.61 Å². The van der Waals surface area contributed by atoms with Gasteiger partial charge in [-0.2, -0.15) is 13.2 Å². The Morgan fingerprint density at radius 3 is 2.52 bits per heavy atom. The van der Waals surface area contributed by atoms with E-state index >= 15 is 0 Å². The minimum absolute atomic E-state index is 0. The van der Waals surface area contributed by atoms with Crippen LogP contribution in [-0.4, -0.2) is 36.9 Å². The van der Waals surface area contributed by atoms with Crippen LogP contribution in [0.3, 0.4) is 0 Å². The van der Waals surface area contributed by atoms with Crippen molar-refractivity contribution in [1.82, 2.24) is 5.32 Å². The van der Waals surface area contributed by atoms with Gasteiger partial charge in [-0.25, -0.2) is 0 Å². The first-order chi connectivity index (χ1) is 12.0. The van der Waals surface area contributed by atoms with E-state index in [1.807, 2.05) is 20.8 Å². The number of rotatable bonds is 7. The summed E-state index contributed by atoms with van der Waals surface area (Å²) in [4.78, 5) is 12.6. The van der Waals surface area contributed by atoms with E-state index in [4.69, 9.17) is 15.2 Å². The molecule has 0 aromatic heterocycles. The third kappa shape index (κ3) is 5.06. The smallest absolute Gasteiger partial charge is 0.422 e. The van der Waals surface area contributed by atoms with Gasteiger partial charge in [0.05, 0.1) is 6.10 Å². The fraction of sp³-hybridized carbons (Fsp3) is 0.611. The molecule has 27 heavy (non-hydrogen) atoms. The van der Waals surface area contributed by atoms with Crippen molar-refractivity contribution >= 4 is 18.3 Å². The Bertz CT molecular complexity index is 655. The lowest BCUT2D eigenvalue weighted by Gasteiger charge is -2.57. The van der Waals surface area contributed by atoms with E-state index in [0.717, 1.165) is 0 Å². The molecule has 2 atom stereocenters. The number of ether oxygens (including phenoxy) is 2. The largest absolute Gasteiger partial charge is 0.484 e. The number of hydrogen-bond donors (Lipinski definition) is 2. The first-order valence-electron chi connectivity index (χ1n) is 8.47. The standard InChI is InChI=1S/C18H25F3N2O3.ClH/c1-4-25-14-9-17(22,16(14,2)3)15(24)23-10-12-7-5-6-8-13(12)26-11-18(19,20)21;/h5-8,14H,4,9-11,22H2,1-3H3,(H,23,24);1H. The molecule has 0 heterocycles. The van der Waals surface area contributed by atoms with E-state index in [0.29, 0.717) is 18.6 Å². The van der Waals surface area contributed by atoms with Crippen LogP contribution >= 0.6 is 12.4 Å². The monoisotopic (exact) mass is 410 g/mol. The van der Waals surface area contributed by atoms with Crippen LogP contribution in [0.25, 0.3) is 0 Å². The van der Waals surface area contributed by atoms with Crippen molar-refractivity contribution < 1.29 is 27.4 Å². The zero-order chi connectivity index (χ0) is 19.6. The topological polar surface area (TPSA) is 73.6 Å². The molecule has 2 rings (SSSR count). The molecule has 1 saturated carbocycles. The Morgan fingerprint density at radius 2 is 1.96 bits per heavy atom. The van der Waals surface area contributed by atoms with Crippen LogP contribution in [0.5, 0.6) is 5.75 Å². The lowest BCUT2D eigenvalue weighted by molar-refractivity contribution is -0.170. The molecule has 1 fully saturated rings. The second kappa shape index (κ2) is 8.67. The minimum Gasteiger partial charge on any atom is -0.484 e. The van der Waals surface area contributed by atoms with Crippen LogP contribution in [0.15, 0.2) is 24.3 Å². The first-order valence-corrected chi connectivity index (χ1v) is 8.47. The fourth-order valence-electron chi connectivity index (χ4n) is 3.10. The molecule has 2 unspecified atom stereocenters. The van der Waals surface area contributed by atoms with Crippen LogP contribution in [0.1, 0.15) is 32.8 Å². The fourth-order valence-corrected chi connectivity index (χ4v) is 3.10. The van der Waals surface area contributed by atoms with Gasteiger partial charge < -0.3 is 20.5 Å². The van der Waals surface area contributed by atoms with E-state index in [1.54, 1.807) is 18.2 Å². The Hall–Kier alpha value is -1.51. The van der Waals surface area contributed by atoms with E-state index < -0.39 is 23.7 Å². The number of hydrogen-bond acceptors (Lipinski definition) is 4. The van der Waals surface area contributed by atoms with Crippen molar-refractivity contribution in [2.45, 2.75) is 51.6 Å². The van der Waals surface area contributed by atoms with Crippen molar-refractivity contribution in [2.24, 2.45) is 11.1 Å². The first kappa shape index (κ1) is 23.5. The highest BCUT2D eigenvalue weighted by molar-refractivity contribution is 5.88. The molecule has 1 aromatic carbocycles. The molecule has 3 N–H and O–H groups in total. The molecular weight excluding hydrogens is 385 g/mol. The van der Waals surface area contributed by atoms with Crippen molar-refractivity contribution in [3.05, 3.63) is 29.8 Å². The lowest BCUT2D eigenvalue weighted by atomic mass is 9.54. The minimum atomic E-state index is -4.43. The third-order valence-corrected chi connectivity index (χ3v) is 5.04. The van der Waals surface area contributed by atoms with E-state index in [2.05, 4.69) is 5.32 Å². The molecule has 0 saturated heterocycles. The van der Waals surface area contributed by atoms with Gasteiger partial charge in [0.2, 0.25) is 5.91 Å². The van der Waals surface area contributed by atoms with Crippen molar-refractivity contribution in [1.29, 1.82) is 0 Å². The molecule has 9 heteroatoms. The molecule has 1 aliphatic carbocycles. The maximum absolute atomic E-state index is 12.6. The van der Waals surface area contributed by atoms with Crippen LogP contribution in [0.4, 0.5) is 13.2 Å². The molecule has 0 spiro atoms. The van der Waals surface area contributed by atoms with Crippen LogP contribution in [-0.2, 0) is 16.1 Å². The molecule has 0 bridgehead atoms. The van der Waals surface area contributed by atoms with Gasteiger partial charge in [-0.3, -0.25) is 4.79 Å². The van der Waals surface area contributed by atoms with Crippen LogP contribution in [0, 0.1) is 5.41 Å². The highest BCUT2D eigenvalue weighted by atomic mass is 35.5. The second-order valence-electron chi connectivity index (χ2n) is 7.04. The molecule has 1 aromatic rings. The predicted molar refractivity (Wildman–Crippen MR) is 97.8 cm³/mol. The van der Waals surface area contributed by atoms with Gasteiger partial charge in [-0.05, 0) is 13.0 Å². The number of nitrogens with one attached hydrogen (secondary N) is 1. The number of amides is 1. The number of benzene rings is 1. The Labute approximate surface area is 163 Å². The van der Waals surface area contributed by atoms with E-state index in [1.165, 1.54) is 6.07 Å². The van der Waals surface area contributed by atoms with Gasteiger partial charge in [0.1, 0.15) is 11.3 Å². The van der Waals surface area contributed by atoms with E-state index in [-0.39, 0.29) is 36.7 Å². The number of carbonyl (C=O) groups is 1. The summed E-state index contributed by atoms with van der Waals surface area (Å²) < 4.78 is 47.5. The second-order valence-corrected chi connectivity index (χ2v) is 7.04. The number of carbonyl (C=O) groups excluding carboxylic acids is 1. The lowest BCUT2D eigenvalue weighted by Crippen LogP contribution is -2.75. The summed E-state index contributed by atoms with van der Waals surface area (Å²) in [5.74, 6) is -0.277. The van der Waals surface area contributed by atoms with Gasteiger partial charge in [-0.1, -0.05) is 32.0 Å².